The maximum atomic E-state index is 12.4. The lowest BCUT2D eigenvalue weighted by atomic mass is 10.1. The van der Waals surface area contributed by atoms with Crippen molar-refractivity contribution in [3.63, 3.8) is 0 Å². The van der Waals surface area contributed by atoms with E-state index in [1.807, 2.05) is 41.2 Å². The molecule has 7 nitrogen and oxygen atoms in total. The molecule has 2 aromatic carbocycles. The van der Waals surface area contributed by atoms with Crippen LogP contribution in [0, 0.1) is 10.1 Å². The summed E-state index contributed by atoms with van der Waals surface area (Å²) in [6.07, 6.45) is 4.93. The van der Waals surface area contributed by atoms with Crippen molar-refractivity contribution in [2.45, 2.75) is 0 Å². The number of nitrogens with zero attached hydrogens (tertiary/aromatic N) is 3. The molecule has 124 valence electrons. The molecule has 0 saturated heterocycles. The van der Waals surface area contributed by atoms with E-state index in [0.717, 1.165) is 0 Å². The number of carbonyl (C=O) groups excluding carboxylic acids is 1. The van der Waals surface area contributed by atoms with Crippen molar-refractivity contribution >= 4 is 17.8 Å². The van der Waals surface area contributed by atoms with E-state index in [9.17, 15) is 14.9 Å². The number of nitro benzene ring substituents is 1. The Morgan fingerprint density at radius 2 is 1.72 bits per heavy atom. The van der Waals surface area contributed by atoms with Crippen molar-refractivity contribution in [3.8, 4) is 5.69 Å². The zero-order valence-electron chi connectivity index (χ0n) is 13.1. The highest BCUT2D eigenvalue weighted by Gasteiger charge is 2.12. The number of nitrogens with one attached hydrogen (secondary N) is 1. The van der Waals surface area contributed by atoms with Crippen molar-refractivity contribution in [1.29, 1.82) is 0 Å². The molecule has 0 spiro atoms. The molecule has 0 fully saturated rings. The Hall–Kier alpha value is -3.74. The maximum Gasteiger partial charge on any atom is 0.278 e. The van der Waals surface area contributed by atoms with E-state index in [1.54, 1.807) is 30.3 Å². The molecule has 0 bridgehead atoms. The molecule has 3 rings (SSSR count). The zero-order chi connectivity index (χ0) is 17.6. The maximum absolute atomic E-state index is 12.4. The number of hydrogen-bond acceptors (Lipinski definition) is 4. The number of para-hydroxylation sites is 2. The van der Waals surface area contributed by atoms with Crippen LogP contribution in [-0.2, 0) is 0 Å². The highest BCUT2D eigenvalue weighted by molar-refractivity contribution is 5.98. The van der Waals surface area contributed by atoms with Crippen LogP contribution in [-0.4, -0.2) is 21.6 Å². The minimum Gasteiger partial charge on any atom is -0.323 e. The van der Waals surface area contributed by atoms with E-state index in [2.05, 4.69) is 10.5 Å². The highest BCUT2D eigenvalue weighted by atomic mass is 16.6. The van der Waals surface area contributed by atoms with Crippen LogP contribution >= 0.6 is 0 Å². The third-order valence-electron chi connectivity index (χ3n) is 3.53. The minimum absolute atomic E-state index is 0.0757. The van der Waals surface area contributed by atoms with Crippen LogP contribution in [0.15, 0.2) is 78.2 Å². The molecule has 7 heteroatoms. The van der Waals surface area contributed by atoms with E-state index in [-0.39, 0.29) is 5.69 Å². The van der Waals surface area contributed by atoms with Gasteiger partial charge in [0.15, 0.2) is 0 Å². The number of hydrazone groups is 1. The standard InChI is InChI=1S/C18H14N4O3/c23-18(15-8-2-4-10-17(15)21-11-5-6-12-21)20-19-13-14-7-1-3-9-16(14)22(24)25/h1-13H,(H,20,23). The van der Waals surface area contributed by atoms with E-state index in [0.29, 0.717) is 16.8 Å². The van der Waals surface area contributed by atoms with Crippen LogP contribution in [0.3, 0.4) is 0 Å². The lowest BCUT2D eigenvalue weighted by Gasteiger charge is -2.08. The molecule has 0 atom stereocenters. The molecule has 1 aromatic heterocycles. The summed E-state index contributed by atoms with van der Waals surface area (Å²) in [5.41, 5.74) is 3.80. The second-order valence-corrected chi connectivity index (χ2v) is 5.12. The van der Waals surface area contributed by atoms with Crippen molar-refractivity contribution in [1.82, 2.24) is 9.99 Å². The molecule has 0 aliphatic rings. The largest absolute Gasteiger partial charge is 0.323 e. The Morgan fingerprint density at radius 1 is 1.04 bits per heavy atom. The summed E-state index contributed by atoms with van der Waals surface area (Å²) in [6, 6.07) is 17.0. The van der Waals surface area contributed by atoms with Crippen LogP contribution in [0.5, 0.6) is 0 Å². The fourth-order valence-corrected chi connectivity index (χ4v) is 2.37. The van der Waals surface area contributed by atoms with Gasteiger partial charge in [0.05, 0.1) is 28.0 Å². The molecule has 3 aromatic rings. The van der Waals surface area contributed by atoms with Gasteiger partial charge in [-0.1, -0.05) is 24.3 Å². The van der Waals surface area contributed by atoms with E-state index >= 15 is 0 Å². The number of benzene rings is 2. The second-order valence-electron chi connectivity index (χ2n) is 5.12. The van der Waals surface area contributed by atoms with Crippen molar-refractivity contribution in [2.24, 2.45) is 5.10 Å². The van der Waals surface area contributed by atoms with Crippen LogP contribution in [0.1, 0.15) is 15.9 Å². The van der Waals surface area contributed by atoms with Gasteiger partial charge in [-0.2, -0.15) is 5.10 Å². The predicted molar refractivity (Wildman–Crippen MR) is 93.9 cm³/mol. The smallest absolute Gasteiger partial charge is 0.278 e. The van der Waals surface area contributed by atoms with Crippen molar-refractivity contribution in [2.75, 3.05) is 0 Å². The molecule has 0 aliphatic heterocycles. The van der Waals surface area contributed by atoms with Gasteiger partial charge >= 0.3 is 0 Å². The predicted octanol–water partition coefficient (Wildman–Crippen LogP) is 3.15. The molecule has 1 N–H and O–H groups in total. The number of nitro groups is 1. The number of carbonyl (C=O) groups is 1. The summed E-state index contributed by atoms with van der Waals surface area (Å²) in [6.45, 7) is 0. The Labute approximate surface area is 143 Å². The quantitative estimate of drug-likeness (QED) is 0.441. The fourth-order valence-electron chi connectivity index (χ4n) is 2.37. The average Bonchev–Trinajstić information content (AvgIpc) is 3.16. The summed E-state index contributed by atoms with van der Waals surface area (Å²) >= 11 is 0. The zero-order valence-corrected chi connectivity index (χ0v) is 13.1. The first kappa shape index (κ1) is 16.1. The summed E-state index contributed by atoms with van der Waals surface area (Å²) < 4.78 is 1.82. The molecule has 1 amide bonds. The number of rotatable bonds is 5. The molecule has 1 heterocycles. The van der Waals surface area contributed by atoms with E-state index in [1.165, 1.54) is 12.3 Å². The normalized spacial score (nSPS) is 10.7. The molecular weight excluding hydrogens is 320 g/mol. The SMILES string of the molecule is O=C(NN=Cc1ccccc1[N+](=O)[O-])c1ccccc1-n1cccc1. The third kappa shape index (κ3) is 3.61. The van der Waals surface area contributed by atoms with Gasteiger partial charge in [-0.15, -0.1) is 0 Å². The van der Waals surface area contributed by atoms with Gasteiger partial charge in [0.25, 0.3) is 11.6 Å². The van der Waals surface area contributed by atoms with E-state index < -0.39 is 10.8 Å². The lowest BCUT2D eigenvalue weighted by molar-refractivity contribution is -0.385. The minimum atomic E-state index is -0.496. The van der Waals surface area contributed by atoms with Gasteiger partial charge in [-0.05, 0) is 30.3 Å². The van der Waals surface area contributed by atoms with Gasteiger partial charge < -0.3 is 4.57 Å². The number of amides is 1. The van der Waals surface area contributed by atoms with E-state index in [4.69, 9.17) is 0 Å². The fraction of sp³-hybridized carbons (Fsp3) is 0. The first-order valence-corrected chi connectivity index (χ1v) is 7.46. The van der Waals surface area contributed by atoms with Crippen LogP contribution in [0.4, 0.5) is 5.69 Å². The highest BCUT2D eigenvalue weighted by Crippen LogP contribution is 2.16. The van der Waals surface area contributed by atoms with Crippen LogP contribution in [0.25, 0.3) is 5.69 Å². The van der Waals surface area contributed by atoms with Gasteiger partial charge in [0, 0.05) is 18.5 Å². The Balaban J connectivity index is 1.80. The van der Waals surface area contributed by atoms with Gasteiger partial charge in [0.2, 0.25) is 0 Å². The van der Waals surface area contributed by atoms with Gasteiger partial charge in [0.1, 0.15) is 0 Å². The number of aromatic nitrogens is 1. The average molecular weight is 334 g/mol. The second kappa shape index (κ2) is 7.22. The summed E-state index contributed by atoms with van der Waals surface area (Å²) in [5.74, 6) is -0.404. The van der Waals surface area contributed by atoms with Gasteiger partial charge in [-0.25, -0.2) is 5.43 Å². The van der Waals surface area contributed by atoms with Crippen LogP contribution in [0.2, 0.25) is 0 Å². The Bertz CT molecular complexity index is 933. The third-order valence-corrected chi connectivity index (χ3v) is 3.53. The first-order chi connectivity index (χ1) is 12.2. The Morgan fingerprint density at radius 3 is 2.48 bits per heavy atom. The Kier molecular flexibility index (Phi) is 4.66. The summed E-state index contributed by atoms with van der Waals surface area (Å²) in [4.78, 5) is 22.9. The topological polar surface area (TPSA) is 89.5 Å². The van der Waals surface area contributed by atoms with Crippen molar-refractivity contribution in [3.05, 3.63) is 94.3 Å². The lowest BCUT2D eigenvalue weighted by Crippen LogP contribution is -2.19. The molecule has 25 heavy (non-hydrogen) atoms. The monoisotopic (exact) mass is 334 g/mol. The summed E-state index contributed by atoms with van der Waals surface area (Å²) in [7, 11) is 0. The molecule has 0 radical (unpaired) electrons. The first-order valence-electron chi connectivity index (χ1n) is 7.46. The summed E-state index contributed by atoms with van der Waals surface area (Å²) in [5, 5.41) is 14.8. The van der Waals surface area contributed by atoms with Crippen LogP contribution < -0.4 is 5.43 Å². The number of hydrogen-bond donors (Lipinski definition) is 1. The molecule has 0 aliphatic carbocycles. The molecule has 0 saturated carbocycles. The molecular formula is C18H14N4O3. The van der Waals surface area contributed by atoms with Crippen molar-refractivity contribution < 1.29 is 9.72 Å². The van der Waals surface area contributed by atoms with Gasteiger partial charge in [-0.3, -0.25) is 14.9 Å². The molecule has 0 unspecified atom stereocenters.